The number of nitrogens with two attached hydrogens (primary N) is 2. The Bertz CT molecular complexity index is 2150. The highest BCUT2D eigenvalue weighted by Crippen LogP contribution is 2.40. The Balaban J connectivity index is 1.98. The maximum absolute atomic E-state index is 12.7. The van der Waals surface area contributed by atoms with Gasteiger partial charge in [-0.25, -0.2) is 27.4 Å². The fourth-order valence-electron chi connectivity index (χ4n) is 3.80. The molecule has 0 bridgehead atoms. The molecule has 0 radical (unpaired) electrons. The molecule has 0 aliphatic rings. The zero-order chi connectivity index (χ0) is 39.6. The lowest BCUT2D eigenvalue weighted by Crippen LogP contribution is -2.12. The third-order valence-electron chi connectivity index (χ3n) is 6.38. The van der Waals surface area contributed by atoms with Gasteiger partial charge >= 0.3 is 0 Å². The van der Waals surface area contributed by atoms with Crippen LogP contribution in [0.5, 0.6) is 0 Å². The first kappa shape index (κ1) is 44.0. The molecule has 3 rings (SSSR count). The van der Waals surface area contributed by atoms with E-state index in [0.717, 1.165) is 30.3 Å². The zero-order valence-electron chi connectivity index (χ0n) is 26.3. The molecule has 53 heavy (non-hydrogen) atoms. The first-order valence-electron chi connectivity index (χ1n) is 13.5. The predicted molar refractivity (Wildman–Crippen MR) is 182 cm³/mol. The second-order valence-corrected chi connectivity index (χ2v) is 17.7. The van der Waals surface area contributed by atoms with Gasteiger partial charge in [0.2, 0.25) is 0 Å². The summed E-state index contributed by atoms with van der Waals surface area (Å²) in [5.74, 6) is -1.38. The Morgan fingerprint density at radius 3 is 1.30 bits per heavy atom. The topological polar surface area (TPSA) is 374 Å². The van der Waals surface area contributed by atoms with Crippen molar-refractivity contribution in [1.82, 2.24) is 0 Å². The number of rotatable bonds is 20. The summed E-state index contributed by atoms with van der Waals surface area (Å²) in [7, 11) is -18.6. The molecule has 3 aromatic carbocycles. The van der Waals surface area contributed by atoms with Crippen molar-refractivity contribution in [2.75, 3.05) is 36.2 Å². The molecule has 3 aromatic rings. The average Bonchev–Trinajstić information content (AvgIpc) is 3.08. The van der Waals surface area contributed by atoms with Gasteiger partial charge in [0.15, 0.2) is 44.3 Å². The molecule has 0 spiro atoms. The molecule has 24 nitrogen and oxygen atoms in total. The summed E-state index contributed by atoms with van der Waals surface area (Å²) in [6, 6.07) is 6.12. The van der Waals surface area contributed by atoms with Crippen molar-refractivity contribution < 1.29 is 80.4 Å². The average molecular weight is 867 g/mol. The summed E-state index contributed by atoms with van der Waals surface area (Å²) in [6.45, 7) is 0.439. The fraction of sp³-hybridized carbons (Fsp3) is 0.217. The monoisotopic (exact) mass is 866 g/mol. The molecule has 0 heterocycles. The number of nitrogens with zero attached hydrogens (tertiary/aromatic N) is 4. The van der Waals surface area contributed by atoms with Crippen LogP contribution in [0.3, 0.4) is 0 Å². The molecule has 8 N–H and O–H groups in total. The van der Waals surface area contributed by atoms with Crippen LogP contribution in [0, 0.1) is 6.92 Å². The molecular weight excluding hydrogens is 841 g/mol. The Labute approximate surface area is 309 Å². The minimum atomic E-state index is -5.10. The summed E-state index contributed by atoms with van der Waals surface area (Å²) >= 11 is 0.232. The Hall–Kier alpha value is -3.44. The third kappa shape index (κ3) is 12.3. The van der Waals surface area contributed by atoms with E-state index in [-0.39, 0.29) is 53.0 Å². The second-order valence-electron chi connectivity index (χ2n) is 9.68. The molecule has 0 saturated carbocycles. The van der Waals surface area contributed by atoms with Crippen LogP contribution in [0.1, 0.15) is 5.56 Å². The van der Waals surface area contributed by atoms with Gasteiger partial charge in [0, 0.05) is 0 Å². The van der Waals surface area contributed by atoms with E-state index in [2.05, 4.69) is 39.2 Å². The van der Waals surface area contributed by atoms with Crippen molar-refractivity contribution in [1.29, 1.82) is 0 Å². The Morgan fingerprint density at radius 1 is 0.604 bits per heavy atom. The largest absolute Gasteiger partial charge is 0.397 e. The standard InChI is InChI=1S/C23H26N6O18S6/c1-13-22(24)18(28-26-16-4-2-14(10-20(16)52(36,37)38)50(32,33)8-6-42-48-46-44-30)12-19(23(13)25)29-27-17-5-3-15(11-21(17)53(39,40)41)51(34,35)9-7-43-49-47-45-31/h2-5,10-12,30-31H,6-9,24-25H2,1H3,(H,36,37,38)(H,39,40,41)/b28-26+,29-27+. The fourth-order valence-corrected chi connectivity index (χ4v) is 8.12. The van der Waals surface area contributed by atoms with Crippen LogP contribution in [0.25, 0.3) is 0 Å². The molecule has 30 heteroatoms. The maximum Gasteiger partial charge on any atom is 0.296 e. The van der Waals surface area contributed by atoms with E-state index in [1.165, 1.54) is 6.92 Å². The molecule has 0 aliphatic heterocycles. The number of sulfone groups is 2. The summed E-state index contributed by atoms with van der Waals surface area (Å²) in [4.78, 5) is -3.02. The highest BCUT2D eigenvalue weighted by molar-refractivity contribution is 7.92. The van der Waals surface area contributed by atoms with Crippen molar-refractivity contribution in [2.24, 2.45) is 20.5 Å². The summed E-state index contributed by atoms with van der Waals surface area (Å²) in [6.07, 6.45) is 0. The van der Waals surface area contributed by atoms with E-state index in [0.29, 0.717) is 12.1 Å². The molecule has 0 saturated heterocycles. The van der Waals surface area contributed by atoms with Crippen LogP contribution in [0.4, 0.5) is 34.1 Å². The van der Waals surface area contributed by atoms with Gasteiger partial charge in [0.1, 0.15) is 32.5 Å². The van der Waals surface area contributed by atoms with Crippen LogP contribution in [0.15, 0.2) is 82.5 Å². The number of benzene rings is 3. The van der Waals surface area contributed by atoms with Gasteiger partial charge < -0.3 is 11.5 Å². The first-order valence-corrected chi connectivity index (χ1v) is 21.0. The Morgan fingerprint density at radius 2 is 0.962 bits per heavy atom. The number of hydrogen-bond acceptors (Lipinski definition) is 24. The van der Waals surface area contributed by atoms with Crippen molar-refractivity contribution >= 4 is 98.7 Å². The van der Waals surface area contributed by atoms with Crippen LogP contribution in [-0.4, -0.2) is 78.0 Å². The smallest absolute Gasteiger partial charge is 0.296 e. The number of azo groups is 2. The molecule has 0 aliphatic carbocycles. The van der Waals surface area contributed by atoms with Gasteiger partial charge in [-0.2, -0.15) is 16.8 Å². The molecule has 0 amide bonds. The number of nitrogen functional groups attached to an aromatic ring is 2. The lowest BCUT2D eigenvalue weighted by atomic mass is 10.1. The van der Waals surface area contributed by atoms with E-state index in [1.807, 2.05) is 0 Å². The van der Waals surface area contributed by atoms with Crippen LogP contribution < -0.4 is 11.5 Å². The van der Waals surface area contributed by atoms with E-state index < -0.39 is 95.6 Å². The first-order chi connectivity index (χ1) is 24.7. The van der Waals surface area contributed by atoms with Crippen molar-refractivity contribution in [2.45, 2.75) is 26.5 Å². The number of anilines is 2. The molecule has 0 fully saturated rings. The lowest BCUT2D eigenvalue weighted by Gasteiger charge is -2.11. The van der Waals surface area contributed by atoms with Crippen molar-refractivity contribution in [3.8, 4) is 0 Å². The number of hydrogen-bond donors (Lipinski definition) is 6. The minimum absolute atomic E-state index is 0.0998. The van der Waals surface area contributed by atoms with Gasteiger partial charge in [-0.15, -0.1) is 29.1 Å². The van der Waals surface area contributed by atoms with E-state index in [9.17, 15) is 42.8 Å². The summed E-state index contributed by atoms with van der Waals surface area (Å²) < 4.78 is 136. The third-order valence-corrected chi connectivity index (χ3v) is 12.3. The molecule has 0 unspecified atom stereocenters. The van der Waals surface area contributed by atoms with Gasteiger partial charge in [-0.1, -0.05) is 10.1 Å². The molecule has 292 valence electrons. The van der Waals surface area contributed by atoms with E-state index in [4.69, 9.17) is 30.3 Å². The highest BCUT2D eigenvalue weighted by Gasteiger charge is 2.24. The van der Waals surface area contributed by atoms with Gasteiger partial charge in [-0.05, 0) is 55.0 Å². The van der Waals surface area contributed by atoms with Crippen LogP contribution in [0.2, 0.25) is 0 Å². The SMILES string of the molecule is Cc1c(N)c(/N=N/c2ccc(S(=O)(=O)CCOSOOO)cc2S(=O)(=O)O)cc(/N=N/c2ccc(S(=O)(=O)CCOSOOO)cc2S(=O)(=O)O)c1N. The van der Waals surface area contributed by atoms with Crippen LogP contribution >= 0.6 is 24.6 Å². The maximum atomic E-state index is 12.7. The Kier molecular flexibility index (Phi) is 15.5. The summed E-state index contributed by atoms with van der Waals surface area (Å²) in [5.41, 5.74) is 10.7. The van der Waals surface area contributed by atoms with E-state index in [1.54, 1.807) is 0 Å². The normalized spacial score (nSPS) is 13.0. The van der Waals surface area contributed by atoms with E-state index >= 15 is 0 Å². The quantitative estimate of drug-likeness (QED) is 0.0177. The molecular formula is C23H26N6O18S6. The van der Waals surface area contributed by atoms with Crippen molar-refractivity contribution in [3.05, 3.63) is 48.0 Å². The van der Waals surface area contributed by atoms with Crippen LogP contribution in [-0.2, 0) is 67.0 Å². The lowest BCUT2D eigenvalue weighted by molar-refractivity contribution is -0.434. The zero-order valence-corrected chi connectivity index (χ0v) is 31.2. The minimum Gasteiger partial charge on any atom is -0.397 e. The molecule has 0 aromatic heterocycles. The van der Waals surface area contributed by atoms with Gasteiger partial charge in [0.25, 0.3) is 20.2 Å². The second kappa shape index (κ2) is 18.7. The van der Waals surface area contributed by atoms with Gasteiger partial charge in [0.05, 0.1) is 45.9 Å². The predicted octanol–water partition coefficient (Wildman–Crippen LogP) is 4.03. The van der Waals surface area contributed by atoms with Gasteiger partial charge in [-0.3, -0.25) is 17.5 Å². The molecule has 0 atom stereocenters. The highest BCUT2D eigenvalue weighted by atomic mass is 32.2. The summed E-state index contributed by atoms with van der Waals surface area (Å²) in [5, 5.41) is 38.0. The van der Waals surface area contributed by atoms with Crippen molar-refractivity contribution in [3.63, 3.8) is 0 Å².